The Morgan fingerprint density at radius 2 is 1.82 bits per heavy atom. The molecule has 0 bridgehead atoms. The van der Waals surface area contributed by atoms with Gasteiger partial charge < -0.3 is 25.2 Å². The zero-order chi connectivity index (χ0) is 27.5. The summed E-state index contributed by atoms with van der Waals surface area (Å²) in [5, 5.41) is 16.1. The molecule has 2 N–H and O–H groups in total. The van der Waals surface area contributed by atoms with Gasteiger partial charge in [0.2, 0.25) is 0 Å². The Morgan fingerprint density at radius 1 is 1.07 bits per heavy atom. The lowest BCUT2D eigenvalue weighted by molar-refractivity contribution is 0.0929. The van der Waals surface area contributed by atoms with E-state index in [4.69, 9.17) is 21.6 Å². The van der Waals surface area contributed by atoms with Gasteiger partial charge in [0.05, 0.1) is 29.1 Å². The van der Waals surface area contributed by atoms with Crippen molar-refractivity contribution < 1.29 is 9.53 Å². The van der Waals surface area contributed by atoms with Gasteiger partial charge in [-0.15, -0.1) is 0 Å². The predicted molar refractivity (Wildman–Crippen MR) is 154 cm³/mol. The molecule has 6 rings (SSSR count). The number of fused-ring (bicyclic) bond motifs is 1. The van der Waals surface area contributed by atoms with Crippen LogP contribution in [0, 0.1) is 29.1 Å². The molecule has 2 aliphatic carbocycles. The van der Waals surface area contributed by atoms with Crippen LogP contribution in [0.15, 0.2) is 30.6 Å². The molecule has 3 heterocycles. The number of nitrogens with zero attached hydrogens (tertiary/aromatic N) is 5. The van der Waals surface area contributed by atoms with E-state index >= 15 is 0 Å². The number of aromatic nitrogens is 2. The molecule has 1 aromatic carbocycles. The Balaban J connectivity index is 0.937. The molecule has 4 atom stereocenters. The minimum absolute atomic E-state index is 0.140. The van der Waals surface area contributed by atoms with Gasteiger partial charge in [-0.1, -0.05) is 11.6 Å². The van der Waals surface area contributed by atoms with Gasteiger partial charge in [-0.25, -0.2) is 9.97 Å². The van der Waals surface area contributed by atoms with Crippen LogP contribution in [0.1, 0.15) is 54.6 Å². The molecular formula is C30H38ClN7O2. The van der Waals surface area contributed by atoms with Crippen LogP contribution in [0.4, 0.5) is 5.82 Å². The maximum atomic E-state index is 12.9. The van der Waals surface area contributed by atoms with E-state index < -0.39 is 0 Å². The monoisotopic (exact) mass is 563 g/mol. The minimum Gasteiger partial charge on any atom is -0.490 e. The Labute approximate surface area is 241 Å². The zero-order valence-electron chi connectivity index (χ0n) is 22.9. The number of nitriles is 1. The topological polar surface area (TPSA) is 106 Å². The maximum absolute atomic E-state index is 12.9. The Bertz CT molecular complexity index is 1210. The lowest BCUT2D eigenvalue weighted by atomic mass is 9.96. The summed E-state index contributed by atoms with van der Waals surface area (Å²) in [6.45, 7) is 7.69. The van der Waals surface area contributed by atoms with Gasteiger partial charge in [-0.2, -0.15) is 5.26 Å². The van der Waals surface area contributed by atoms with Gasteiger partial charge in [0.15, 0.2) is 0 Å². The molecule has 0 spiro atoms. The molecule has 2 aliphatic heterocycles. The molecular weight excluding hydrogens is 526 g/mol. The van der Waals surface area contributed by atoms with E-state index in [1.54, 1.807) is 24.5 Å². The van der Waals surface area contributed by atoms with Crippen molar-refractivity contribution in [2.24, 2.45) is 17.8 Å². The molecule has 2 saturated carbocycles. The molecule has 2 unspecified atom stereocenters. The number of hydrogen-bond acceptors (Lipinski definition) is 8. The highest BCUT2D eigenvalue weighted by atomic mass is 35.5. The fraction of sp³-hybridized carbons (Fsp3) is 0.600. The fourth-order valence-corrected chi connectivity index (χ4v) is 7.30. The molecule has 1 aromatic heterocycles. The number of hydrogen-bond donors (Lipinski definition) is 2. The van der Waals surface area contributed by atoms with Crippen molar-refractivity contribution in [3.63, 3.8) is 0 Å². The first-order valence-electron chi connectivity index (χ1n) is 14.7. The third-order valence-electron chi connectivity index (χ3n) is 9.21. The van der Waals surface area contributed by atoms with E-state index in [0.717, 1.165) is 76.7 Å². The summed E-state index contributed by atoms with van der Waals surface area (Å²) in [7, 11) is 0. The number of halogens is 1. The smallest absolute Gasteiger partial charge is 0.271 e. The Kier molecular flexibility index (Phi) is 8.38. The van der Waals surface area contributed by atoms with Crippen molar-refractivity contribution >= 4 is 23.3 Å². The number of carbonyl (C=O) groups excluding carboxylic acids is 1. The van der Waals surface area contributed by atoms with Gasteiger partial charge in [0, 0.05) is 57.9 Å². The van der Waals surface area contributed by atoms with Crippen LogP contribution in [0.5, 0.6) is 5.75 Å². The number of rotatable bonds is 7. The number of anilines is 1. The number of piperidine rings is 1. The summed E-state index contributed by atoms with van der Waals surface area (Å²) >= 11 is 6.15. The van der Waals surface area contributed by atoms with Crippen molar-refractivity contribution in [3.8, 4) is 11.8 Å². The Morgan fingerprint density at radius 3 is 2.48 bits per heavy atom. The lowest BCUT2D eigenvalue weighted by Crippen LogP contribution is -2.47. The number of amides is 1. The lowest BCUT2D eigenvalue weighted by Gasteiger charge is -2.36. The van der Waals surface area contributed by atoms with Gasteiger partial charge in [0.25, 0.3) is 5.91 Å². The quantitative estimate of drug-likeness (QED) is 0.527. The number of benzene rings is 1. The zero-order valence-corrected chi connectivity index (χ0v) is 23.7. The van der Waals surface area contributed by atoms with Crippen molar-refractivity contribution in [1.29, 1.82) is 5.26 Å². The second-order valence-corrected chi connectivity index (χ2v) is 12.3. The van der Waals surface area contributed by atoms with Crippen LogP contribution < -0.4 is 20.3 Å². The van der Waals surface area contributed by atoms with Crippen LogP contribution in [0.25, 0.3) is 0 Å². The summed E-state index contributed by atoms with van der Waals surface area (Å²) < 4.78 is 6.17. The second-order valence-electron chi connectivity index (χ2n) is 11.9. The molecule has 0 radical (unpaired) electrons. The summed E-state index contributed by atoms with van der Waals surface area (Å²) in [4.78, 5) is 26.9. The molecule has 2 aromatic rings. The highest BCUT2D eigenvalue weighted by Crippen LogP contribution is 2.45. The second kappa shape index (κ2) is 12.3. The van der Waals surface area contributed by atoms with Crippen molar-refractivity contribution in [1.82, 2.24) is 25.5 Å². The first-order valence-corrected chi connectivity index (χ1v) is 15.1. The Hall–Kier alpha value is -2.93. The van der Waals surface area contributed by atoms with E-state index in [9.17, 15) is 4.79 Å². The third kappa shape index (κ3) is 6.35. The highest BCUT2D eigenvalue weighted by Gasteiger charge is 2.43. The number of carbonyl (C=O) groups is 1. The van der Waals surface area contributed by atoms with E-state index in [1.807, 2.05) is 6.07 Å². The van der Waals surface area contributed by atoms with Crippen LogP contribution in [0.2, 0.25) is 5.02 Å². The van der Waals surface area contributed by atoms with E-state index in [1.165, 1.54) is 19.4 Å². The molecule has 9 nitrogen and oxygen atoms in total. The molecule has 4 fully saturated rings. The number of ether oxygens (including phenoxy) is 1. The average Bonchev–Trinajstić information content (AvgIpc) is 3.52. The van der Waals surface area contributed by atoms with Crippen LogP contribution in [0.3, 0.4) is 0 Å². The van der Waals surface area contributed by atoms with Crippen molar-refractivity contribution in [2.45, 2.75) is 50.7 Å². The van der Waals surface area contributed by atoms with Gasteiger partial charge >= 0.3 is 0 Å². The molecule has 212 valence electrons. The van der Waals surface area contributed by atoms with E-state index in [-0.39, 0.29) is 18.1 Å². The van der Waals surface area contributed by atoms with Crippen LogP contribution in [-0.2, 0) is 0 Å². The van der Waals surface area contributed by atoms with E-state index in [2.05, 4.69) is 36.5 Å². The first kappa shape index (κ1) is 27.3. The van der Waals surface area contributed by atoms with Gasteiger partial charge in [-0.05, 0) is 68.4 Å². The maximum Gasteiger partial charge on any atom is 0.271 e. The van der Waals surface area contributed by atoms with Crippen molar-refractivity contribution in [3.05, 3.63) is 46.9 Å². The largest absolute Gasteiger partial charge is 0.490 e. The molecule has 4 aliphatic rings. The standard InChI is InChI=1S/C30H38ClN7O2/c31-27-15-25(2-1-21(27)16-32)40-26-13-22-11-24(12-23(22)14-26)36-30(39)28-17-35-29(18-34-28)38-7-3-20(4-8-38)19-37-9-5-33-6-10-37/h1-2,15,17-18,20,22-24,26,33H,3-14,19H2,(H,36,39)/t22-,23+,24?,26?. The third-order valence-corrected chi connectivity index (χ3v) is 9.52. The molecule has 2 saturated heterocycles. The average molecular weight is 564 g/mol. The number of nitrogens with one attached hydrogen (secondary N) is 2. The van der Waals surface area contributed by atoms with Gasteiger partial charge in [-0.3, -0.25) is 4.79 Å². The summed E-state index contributed by atoms with van der Waals surface area (Å²) in [5.41, 5.74) is 0.838. The van der Waals surface area contributed by atoms with Gasteiger partial charge in [0.1, 0.15) is 23.3 Å². The molecule has 10 heteroatoms. The van der Waals surface area contributed by atoms with Crippen molar-refractivity contribution in [2.75, 3.05) is 50.7 Å². The minimum atomic E-state index is -0.140. The summed E-state index contributed by atoms with van der Waals surface area (Å²) in [6.07, 6.45) is 9.71. The number of piperazine rings is 1. The molecule has 1 amide bonds. The normalized spacial score (nSPS) is 27.2. The van der Waals surface area contributed by atoms with Crippen LogP contribution >= 0.6 is 11.6 Å². The first-order chi connectivity index (χ1) is 19.5. The summed E-state index contributed by atoms with van der Waals surface area (Å²) in [5.74, 6) is 3.25. The van der Waals surface area contributed by atoms with E-state index in [0.29, 0.717) is 33.9 Å². The fourth-order valence-electron chi connectivity index (χ4n) is 7.09. The predicted octanol–water partition coefficient (Wildman–Crippen LogP) is 3.49. The SMILES string of the molecule is N#Cc1ccc(OC2C[C@H]3CC(NC(=O)c4cnc(N5CCC(CN6CCNCC6)CC5)cn4)C[C@H]3C2)cc1Cl. The highest BCUT2D eigenvalue weighted by molar-refractivity contribution is 6.31. The summed E-state index contributed by atoms with van der Waals surface area (Å²) in [6, 6.07) is 7.46. The van der Waals surface area contributed by atoms with Crippen LogP contribution in [-0.4, -0.2) is 78.7 Å². The molecule has 40 heavy (non-hydrogen) atoms.